The molecule has 1 aromatic rings. The van der Waals surface area contributed by atoms with E-state index in [4.69, 9.17) is 18.9 Å². The molecule has 0 fully saturated rings. The monoisotopic (exact) mass is 398 g/mol. The van der Waals surface area contributed by atoms with Crippen molar-refractivity contribution in [3.8, 4) is 0 Å². The molecule has 0 radical (unpaired) electrons. The van der Waals surface area contributed by atoms with Crippen molar-refractivity contribution in [2.75, 3.05) is 19.8 Å². The van der Waals surface area contributed by atoms with Gasteiger partial charge in [0.1, 0.15) is 5.82 Å². The van der Waals surface area contributed by atoms with Gasteiger partial charge in [-0.3, -0.25) is 9.59 Å². The van der Waals surface area contributed by atoms with Crippen molar-refractivity contribution in [2.24, 2.45) is 0 Å². The van der Waals surface area contributed by atoms with Gasteiger partial charge in [-0.05, 0) is 39.0 Å². The third-order valence-corrected chi connectivity index (χ3v) is 3.47. The van der Waals surface area contributed by atoms with E-state index in [9.17, 15) is 23.6 Å². The molecule has 1 aromatic carbocycles. The first-order chi connectivity index (χ1) is 13.3. The number of benzene rings is 1. The van der Waals surface area contributed by atoms with Crippen LogP contribution >= 0.6 is 0 Å². The highest BCUT2D eigenvalue weighted by Gasteiger charge is 2.49. The molecular weight excluding hydrogens is 375 g/mol. The SMILES string of the molecule is CCOC(=O)CC(CC(=O)OCC)(OC(=O)c1cccc(F)c1)C(=O)OCC. The van der Waals surface area contributed by atoms with Crippen molar-refractivity contribution in [2.45, 2.75) is 39.2 Å². The summed E-state index contributed by atoms with van der Waals surface area (Å²) in [5.74, 6) is -4.69. The summed E-state index contributed by atoms with van der Waals surface area (Å²) in [6, 6.07) is 4.55. The first kappa shape index (κ1) is 23.1. The van der Waals surface area contributed by atoms with Gasteiger partial charge in [0, 0.05) is 0 Å². The summed E-state index contributed by atoms with van der Waals surface area (Å²) in [6.45, 7) is 4.53. The van der Waals surface area contributed by atoms with Gasteiger partial charge in [0.05, 0.1) is 38.2 Å². The molecule has 0 aliphatic heterocycles. The van der Waals surface area contributed by atoms with Gasteiger partial charge >= 0.3 is 23.9 Å². The summed E-state index contributed by atoms with van der Waals surface area (Å²) < 4.78 is 33.2. The van der Waals surface area contributed by atoms with Crippen molar-refractivity contribution in [3.63, 3.8) is 0 Å². The van der Waals surface area contributed by atoms with Crippen LogP contribution in [0.1, 0.15) is 44.0 Å². The van der Waals surface area contributed by atoms with Crippen molar-refractivity contribution in [1.29, 1.82) is 0 Å². The number of hydrogen-bond acceptors (Lipinski definition) is 8. The van der Waals surface area contributed by atoms with Crippen LogP contribution in [0, 0.1) is 5.82 Å². The second kappa shape index (κ2) is 11.0. The van der Waals surface area contributed by atoms with E-state index in [2.05, 4.69) is 0 Å². The molecule has 0 amide bonds. The summed E-state index contributed by atoms with van der Waals surface area (Å²) >= 11 is 0. The molecule has 8 nitrogen and oxygen atoms in total. The molecule has 0 atom stereocenters. The average Bonchev–Trinajstić information content (AvgIpc) is 2.62. The van der Waals surface area contributed by atoms with Crippen LogP contribution in [-0.2, 0) is 33.3 Å². The number of hydrogen-bond donors (Lipinski definition) is 0. The largest absolute Gasteiger partial charge is 0.466 e. The Morgan fingerprint density at radius 1 is 0.893 bits per heavy atom. The molecule has 0 aromatic heterocycles. The molecule has 0 spiro atoms. The van der Waals surface area contributed by atoms with Crippen LogP contribution in [0.4, 0.5) is 4.39 Å². The summed E-state index contributed by atoms with van der Waals surface area (Å²) in [5, 5.41) is 0. The third-order valence-electron chi connectivity index (χ3n) is 3.47. The van der Waals surface area contributed by atoms with E-state index in [0.29, 0.717) is 0 Å². The lowest BCUT2D eigenvalue weighted by Gasteiger charge is -2.29. The summed E-state index contributed by atoms with van der Waals surface area (Å²) in [5.41, 5.74) is -2.51. The fourth-order valence-electron chi connectivity index (χ4n) is 2.33. The fourth-order valence-corrected chi connectivity index (χ4v) is 2.33. The second-order valence-electron chi connectivity index (χ2n) is 5.58. The molecule has 9 heteroatoms. The number of carbonyl (C=O) groups excluding carboxylic acids is 4. The predicted molar refractivity (Wildman–Crippen MR) is 93.7 cm³/mol. The standard InChI is InChI=1S/C19H23FO8/c1-4-25-15(21)11-19(18(24)27-6-3,12-16(22)26-5-2)28-17(23)13-8-7-9-14(20)10-13/h7-10H,4-6,11-12H2,1-3H3. The second-order valence-corrected chi connectivity index (χ2v) is 5.58. The van der Waals surface area contributed by atoms with E-state index in [1.54, 1.807) is 13.8 Å². The van der Waals surface area contributed by atoms with Crippen molar-refractivity contribution in [1.82, 2.24) is 0 Å². The number of carbonyl (C=O) groups is 4. The first-order valence-electron chi connectivity index (χ1n) is 8.75. The van der Waals surface area contributed by atoms with E-state index in [-0.39, 0.29) is 25.4 Å². The van der Waals surface area contributed by atoms with Gasteiger partial charge in [0.25, 0.3) is 0 Å². The van der Waals surface area contributed by atoms with Crippen LogP contribution in [0.5, 0.6) is 0 Å². The fraction of sp³-hybridized carbons (Fsp3) is 0.474. The van der Waals surface area contributed by atoms with Crippen LogP contribution in [0.3, 0.4) is 0 Å². The van der Waals surface area contributed by atoms with Crippen LogP contribution in [0.25, 0.3) is 0 Å². The van der Waals surface area contributed by atoms with E-state index in [0.717, 1.165) is 12.1 Å². The molecule has 28 heavy (non-hydrogen) atoms. The van der Waals surface area contributed by atoms with E-state index in [1.165, 1.54) is 19.1 Å². The minimum absolute atomic E-state index is 0.00892. The van der Waals surface area contributed by atoms with E-state index >= 15 is 0 Å². The summed E-state index contributed by atoms with van der Waals surface area (Å²) in [4.78, 5) is 49.2. The molecule has 0 unspecified atom stereocenters. The average molecular weight is 398 g/mol. The molecule has 154 valence electrons. The van der Waals surface area contributed by atoms with Crippen molar-refractivity contribution < 1.29 is 42.5 Å². The van der Waals surface area contributed by atoms with E-state index < -0.39 is 48.1 Å². The molecule has 0 saturated heterocycles. The van der Waals surface area contributed by atoms with Crippen LogP contribution in [-0.4, -0.2) is 49.3 Å². The topological polar surface area (TPSA) is 105 Å². The van der Waals surface area contributed by atoms with Gasteiger partial charge < -0.3 is 18.9 Å². The molecule has 0 N–H and O–H groups in total. The highest BCUT2D eigenvalue weighted by molar-refractivity contribution is 5.96. The highest BCUT2D eigenvalue weighted by atomic mass is 19.1. The van der Waals surface area contributed by atoms with E-state index in [1.807, 2.05) is 0 Å². The highest BCUT2D eigenvalue weighted by Crippen LogP contribution is 2.27. The Labute approximate surface area is 161 Å². The maximum atomic E-state index is 13.4. The minimum Gasteiger partial charge on any atom is -0.466 e. The number of esters is 4. The molecule has 0 aliphatic carbocycles. The lowest BCUT2D eigenvalue weighted by molar-refractivity contribution is -0.177. The Bertz CT molecular complexity index is 696. The summed E-state index contributed by atoms with van der Waals surface area (Å²) in [6.07, 6.45) is -1.53. The smallest absolute Gasteiger partial charge is 0.351 e. The zero-order chi connectivity index (χ0) is 21.2. The normalized spacial score (nSPS) is 10.7. The Kier molecular flexibility index (Phi) is 9.07. The van der Waals surface area contributed by atoms with Crippen LogP contribution in [0.2, 0.25) is 0 Å². The van der Waals surface area contributed by atoms with Gasteiger partial charge in [0.2, 0.25) is 5.60 Å². The first-order valence-corrected chi connectivity index (χ1v) is 8.75. The maximum absolute atomic E-state index is 13.4. The Hall–Kier alpha value is -2.97. The maximum Gasteiger partial charge on any atom is 0.351 e. The Morgan fingerprint density at radius 2 is 1.43 bits per heavy atom. The summed E-state index contributed by atoms with van der Waals surface area (Å²) in [7, 11) is 0. The molecule has 0 heterocycles. The van der Waals surface area contributed by atoms with Gasteiger partial charge in [0.15, 0.2) is 0 Å². The lowest BCUT2D eigenvalue weighted by atomic mass is 9.94. The van der Waals surface area contributed by atoms with Gasteiger partial charge in [-0.1, -0.05) is 6.07 Å². The van der Waals surface area contributed by atoms with Crippen LogP contribution < -0.4 is 0 Å². The molecule has 0 bridgehead atoms. The molecular formula is C19H23FO8. The Balaban J connectivity index is 3.29. The minimum atomic E-state index is -2.31. The lowest BCUT2D eigenvalue weighted by Crippen LogP contribution is -2.48. The quantitative estimate of drug-likeness (QED) is 0.436. The third kappa shape index (κ3) is 6.64. The Morgan fingerprint density at radius 3 is 1.89 bits per heavy atom. The number of ether oxygens (including phenoxy) is 4. The predicted octanol–water partition coefficient (Wildman–Crippen LogP) is 2.19. The molecule has 0 saturated carbocycles. The zero-order valence-electron chi connectivity index (χ0n) is 16.0. The van der Waals surface area contributed by atoms with Gasteiger partial charge in [-0.2, -0.15) is 0 Å². The van der Waals surface area contributed by atoms with Crippen molar-refractivity contribution in [3.05, 3.63) is 35.6 Å². The number of rotatable bonds is 10. The zero-order valence-corrected chi connectivity index (χ0v) is 16.0. The van der Waals surface area contributed by atoms with Gasteiger partial charge in [-0.25, -0.2) is 14.0 Å². The molecule has 0 aliphatic rings. The molecule has 1 rings (SSSR count). The van der Waals surface area contributed by atoms with Crippen molar-refractivity contribution >= 4 is 23.9 Å². The van der Waals surface area contributed by atoms with Gasteiger partial charge in [-0.15, -0.1) is 0 Å². The number of halogens is 1. The van der Waals surface area contributed by atoms with Crippen LogP contribution in [0.15, 0.2) is 24.3 Å².